The normalized spacial score (nSPS) is 11.6. The van der Waals surface area contributed by atoms with Crippen LogP contribution in [0.15, 0.2) is 41.3 Å². The maximum absolute atomic E-state index is 13.1. The minimum absolute atomic E-state index is 0.0546. The second kappa shape index (κ2) is 6.42. The van der Waals surface area contributed by atoms with Crippen LogP contribution in [0.3, 0.4) is 0 Å². The Kier molecular flexibility index (Phi) is 4.48. The molecule has 0 saturated heterocycles. The first kappa shape index (κ1) is 16.7. The molecule has 1 amide bonds. The van der Waals surface area contributed by atoms with E-state index in [2.05, 4.69) is 14.1 Å². The van der Waals surface area contributed by atoms with Crippen LogP contribution in [0, 0.1) is 5.82 Å². The monoisotopic (exact) mass is 385 g/mol. The fourth-order valence-corrected chi connectivity index (χ4v) is 4.15. The van der Waals surface area contributed by atoms with Crippen LogP contribution in [0.4, 0.5) is 10.1 Å². The van der Waals surface area contributed by atoms with Crippen LogP contribution >= 0.6 is 23.3 Å². The largest absolute Gasteiger partial charge is 0.325 e. The molecule has 1 aromatic heterocycles. The standard InChI is InChI=1S/C14H9ClFN3O3S2/c15-9-6-8(4-5-10(9)16)17-13(20)7-24(21,22)12-3-1-2-11-14(12)19-23-18-11/h1-6H,7H2,(H,17,20). The summed E-state index contributed by atoms with van der Waals surface area (Å²) in [5.41, 5.74) is 0.891. The lowest BCUT2D eigenvalue weighted by molar-refractivity contribution is -0.113. The number of sulfone groups is 1. The first-order valence-corrected chi connectivity index (χ1v) is 9.32. The number of carbonyl (C=O) groups excluding carboxylic acids is 1. The summed E-state index contributed by atoms with van der Waals surface area (Å²) in [6.45, 7) is 0. The van der Waals surface area contributed by atoms with E-state index in [1.165, 1.54) is 24.3 Å². The van der Waals surface area contributed by atoms with E-state index < -0.39 is 27.3 Å². The van der Waals surface area contributed by atoms with Gasteiger partial charge < -0.3 is 5.32 Å². The number of nitrogens with one attached hydrogen (secondary N) is 1. The molecule has 124 valence electrons. The molecule has 3 rings (SSSR count). The van der Waals surface area contributed by atoms with E-state index in [9.17, 15) is 17.6 Å². The molecule has 0 aliphatic carbocycles. The van der Waals surface area contributed by atoms with Gasteiger partial charge in [0.25, 0.3) is 0 Å². The van der Waals surface area contributed by atoms with E-state index in [1.54, 1.807) is 6.07 Å². The summed E-state index contributed by atoms with van der Waals surface area (Å²) in [5, 5.41) is 2.20. The number of amides is 1. The van der Waals surface area contributed by atoms with Gasteiger partial charge in [-0.1, -0.05) is 17.7 Å². The molecular formula is C14H9ClFN3O3S2. The SMILES string of the molecule is O=C(CS(=O)(=O)c1cccc2nsnc12)Nc1ccc(F)c(Cl)c1. The highest BCUT2D eigenvalue weighted by Gasteiger charge is 2.23. The third-order valence-electron chi connectivity index (χ3n) is 3.11. The Hall–Kier alpha value is -2.10. The van der Waals surface area contributed by atoms with Gasteiger partial charge in [-0.05, 0) is 30.3 Å². The summed E-state index contributed by atoms with van der Waals surface area (Å²) in [6, 6.07) is 8.12. The Balaban J connectivity index is 1.82. The second-order valence-electron chi connectivity index (χ2n) is 4.82. The molecule has 2 aromatic carbocycles. The van der Waals surface area contributed by atoms with Crippen molar-refractivity contribution in [3.63, 3.8) is 0 Å². The zero-order valence-corrected chi connectivity index (χ0v) is 14.3. The number of carbonyl (C=O) groups is 1. The third kappa shape index (κ3) is 3.37. The molecule has 3 aromatic rings. The van der Waals surface area contributed by atoms with Crippen molar-refractivity contribution in [1.82, 2.24) is 8.75 Å². The zero-order valence-electron chi connectivity index (χ0n) is 11.9. The number of benzene rings is 2. The predicted octanol–water partition coefficient (Wildman–Crippen LogP) is 2.90. The molecule has 0 fully saturated rings. The van der Waals surface area contributed by atoms with Gasteiger partial charge >= 0.3 is 0 Å². The molecule has 0 unspecified atom stereocenters. The van der Waals surface area contributed by atoms with Gasteiger partial charge in [-0.3, -0.25) is 4.79 Å². The van der Waals surface area contributed by atoms with Gasteiger partial charge in [0.1, 0.15) is 22.6 Å². The first-order chi connectivity index (χ1) is 11.4. The van der Waals surface area contributed by atoms with Gasteiger partial charge in [0.15, 0.2) is 9.84 Å². The highest BCUT2D eigenvalue weighted by molar-refractivity contribution is 7.92. The van der Waals surface area contributed by atoms with Crippen LogP contribution in [0.5, 0.6) is 0 Å². The minimum atomic E-state index is -3.91. The Labute approximate surface area is 145 Å². The molecule has 24 heavy (non-hydrogen) atoms. The summed E-state index contributed by atoms with van der Waals surface area (Å²) < 4.78 is 45.9. The van der Waals surface area contributed by atoms with Gasteiger partial charge in [-0.15, -0.1) is 0 Å². The lowest BCUT2D eigenvalue weighted by Crippen LogP contribution is -2.23. The van der Waals surface area contributed by atoms with Crippen LogP contribution < -0.4 is 5.32 Å². The van der Waals surface area contributed by atoms with Crippen molar-refractivity contribution >= 4 is 55.8 Å². The van der Waals surface area contributed by atoms with Crippen LogP contribution in [-0.4, -0.2) is 28.8 Å². The van der Waals surface area contributed by atoms with Crippen molar-refractivity contribution in [1.29, 1.82) is 0 Å². The maximum atomic E-state index is 13.1. The summed E-state index contributed by atoms with van der Waals surface area (Å²) in [6.07, 6.45) is 0. The number of aromatic nitrogens is 2. The molecule has 1 N–H and O–H groups in total. The summed E-state index contributed by atoms with van der Waals surface area (Å²) >= 11 is 6.51. The molecule has 0 spiro atoms. The Morgan fingerprint density at radius 1 is 1.25 bits per heavy atom. The fourth-order valence-electron chi connectivity index (χ4n) is 2.05. The van der Waals surface area contributed by atoms with E-state index in [0.717, 1.165) is 17.8 Å². The highest BCUT2D eigenvalue weighted by Crippen LogP contribution is 2.23. The van der Waals surface area contributed by atoms with Gasteiger partial charge in [-0.2, -0.15) is 8.75 Å². The number of anilines is 1. The third-order valence-corrected chi connectivity index (χ3v) is 5.58. The summed E-state index contributed by atoms with van der Waals surface area (Å²) in [5.74, 6) is -2.18. The molecule has 0 aliphatic heterocycles. The van der Waals surface area contributed by atoms with E-state index in [1.807, 2.05) is 0 Å². The van der Waals surface area contributed by atoms with Crippen molar-refractivity contribution in [2.24, 2.45) is 0 Å². The lowest BCUT2D eigenvalue weighted by Gasteiger charge is -2.07. The first-order valence-electron chi connectivity index (χ1n) is 6.56. The van der Waals surface area contributed by atoms with Gasteiger partial charge in [0.2, 0.25) is 5.91 Å². The summed E-state index contributed by atoms with van der Waals surface area (Å²) in [7, 11) is -3.91. The van der Waals surface area contributed by atoms with Crippen molar-refractivity contribution < 1.29 is 17.6 Å². The smallest absolute Gasteiger partial charge is 0.239 e. The number of nitrogens with zero attached hydrogens (tertiary/aromatic N) is 2. The molecule has 0 radical (unpaired) electrons. The van der Waals surface area contributed by atoms with E-state index in [4.69, 9.17) is 11.6 Å². The molecule has 10 heteroatoms. The Morgan fingerprint density at radius 2 is 2.04 bits per heavy atom. The predicted molar refractivity (Wildman–Crippen MR) is 89.5 cm³/mol. The molecular weight excluding hydrogens is 377 g/mol. The van der Waals surface area contributed by atoms with Gasteiger partial charge in [0.05, 0.1) is 21.6 Å². The van der Waals surface area contributed by atoms with Gasteiger partial charge in [-0.25, -0.2) is 12.8 Å². The second-order valence-corrected chi connectivity index (χ2v) is 7.72. The molecule has 0 saturated carbocycles. The quantitative estimate of drug-likeness (QED) is 0.745. The Morgan fingerprint density at radius 3 is 2.79 bits per heavy atom. The molecule has 6 nitrogen and oxygen atoms in total. The zero-order chi connectivity index (χ0) is 17.3. The number of hydrogen-bond donors (Lipinski definition) is 1. The fraction of sp³-hybridized carbons (Fsp3) is 0.0714. The molecule has 0 atom stereocenters. The van der Waals surface area contributed by atoms with Crippen molar-refractivity contribution in [2.75, 3.05) is 11.1 Å². The molecule has 1 heterocycles. The Bertz CT molecular complexity index is 1040. The number of hydrogen-bond acceptors (Lipinski definition) is 6. The maximum Gasteiger partial charge on any atom is 0.239 e. The molecule has 0 bridgehead atoms. The van der Waals surface area contributed by atoms with Crippen LogP contribution in [0.2, 0.25) is 5.02 Å². The van der Waals surface area contributed by atoms with E-state index >= 15 is 0 Å². The topological polar surface area (TPSA) is 89.0 Å². The highest BCUT2D eigenvalue weighted by atomic mass is 35.5. The van der Waals surface area contributed by atoms with Crippen LogP contribution in [-0.2, 0) is 14.6 Å². The minimum Gasteiger partial charge on any atom is -0.325 e. The van der Waals surface area contributed by atoms with Gasteiger partial charge in [0, 0.05) is 5.69 Å². The van der Waals surface area contributed by atoms with Crippen LogP contribution in [0.25, 0.3) is 11.0 Å². The average Bonchev–Trinajstić information content (AvgIpc) is 2.98. The lowest BCUT2D eigenvalue weighted by atomic mass is 10.3. The number of halogens is 2. The average molecular weight is 386 g/mol. The van der Waals surface area contributed by atoms with Crippen LogP contribution in [0.1, 0.15) is 0 Å². The van der Waals surface area contributed by atoms with Crippen molar-refractivity contribution in [3.8, 4) is 0 Å². The van der Waals surface area contributed by atoms with Crippen molar-refractivity contribution in [3.05, 3.63) is 47.2 Å². The molecule has 0 aliphatic rings. The van der Waals surface area contributed by atoms with Crippen molar-refractivity contribution in [2.45, 2.75) is 4.90 Å². The van der Waals surface area contributed by atoms with E-state index in [-0.39, 0.29) is 21.1 Å². The van der Waals surface area contributed by atoms with E-state index in [0.29, 0.717) is 5.52 Å². The number of rotatable bonds is 4. The summed E-state index contributed by atoms with van der Waals surface area (Å²) in [4.78, 5) is 12.0. The number of fused-ring (bicyclic) bond motifs is 1.